The smallest absolute Gasteiger partial charge is 0.264 e. The summed E-state index contributed by atoms with van der Waals surface area (Å²) in [4.78, 5) is 9.33. The van der Waals surface area contributed by atoms with Gasteiger partial charge in [0.05, 0.1) is 11.4 Å². The summed E-state index contributed by atoms with van der Waals surface area (Å²) < 4.78 is 8.06. The van der Waals surface area contributed by atoms with Gasteiger partial charge < -0.3 is 19.1 Å². The van der Waals surface area contributed by atoms with E-state index in [0.29, 0.717) is 0 Å². The van der Waals surface area contributed by atoms with Gasteiger partial charge in [-0.1, -0.05) is 153 Å². The predicted octanol–water partition coefficient (Wildman–Crippen LogP) is 17.6. The van der Waals surface area contributed by atoms with Gasteiger partial charge in [-0.3, -0.25) is 0 Å². The number of aryl methyl sites for hydroxylation is 1. The fourth-order valence-electron chi connectivity index (χ4n) is 12.2. The van der Waals surface area contributed by atoms with Gasteiger partial charge in [0.25, 0.3) is 6.71 Å². The highest BCUT2D eigenvalue weighted by Crippen LogP contribution is 2.52. The fourth-order valence-corrected chi connectivity index (χ4v) is 13.7. The molecule has 4 nitrogen and oxygen atoms in total. The Morgan fingerprint density at radius 1 is 0.500 bits per heavy atom. The van der Waals surface area contributed by atoms with Crippen molar-refractivity contribution in [1.82, 2.24) is 0 Å². The molecule has 3 aliphatic rings. The summed E-state index contributed by atoms with van der Waals surface area (Å²) in [5.74, 6) is 0. The van der Waals surface area contributed by atoms with Crippen LogP contribution < -0.4 is 30.4 Å². The van der Waals surface area contributed by atoms with Gasteiger partial charge in [0, 0.05) is 65.8 Å². The number of furan rings is 1. The van der Waals surface area contributed by atoms with Crippen molar-refractivity contribution in [3.63, 3.8) is 0 Å². The second-order valence-electron chi connectivity index (χ2n) is 24.0. The van der Waals surface area contributed by atoms with Crippen LogP contribution in [0.15, 0.2) is 180 Å². The number of nitrogens with zero attached hydrogens (tertiary/aromatic N) is 3. The van der Waals surface area contributed by atoms with Crippen molar-refractivity contribution in [3.8, 4) is 11.1 Å². The summed E-state index contributed by atoms with van der Waals surface area (Å²) in [5.41, 5.74) is 22.9. The lowest BCUT2D eigenvalue weighted by Gasteiger charge is -2.44. The molecule has 13 rings (SSSR count). The number of fused-ring (bicyclic) bond motifs is 9. The first-order chi connectivity index (χ1) is 35.6. The Kier molecular flexibility index (Phi) is 10.8. The van der Waals surface area contributed by atoms with Gasteiger partial charge in [0.2, 0.25) is 0 Å². The van der Waals surface area contributed by atoms with Crippen molar-refractivity contribution in [2.24, 2.45) is 0 Å². The first-order valence-electron chi connectivity index (χ1n) is 26.7. The van der Waals surface area contributed by atoms with Crippen LogP contribution in [0.2, 0.25) is 0 Å². The first kappa shape index (κ1) is 46.5. The van der Waals surface area contributed by atoms with E-state index >= 15 is 0 Å². The van der Waals surface area contributed by atoms with Crippen molar-refractivity contribution in [1.29, 1.82) is 0 Å². The van der Waals surface area contributed by atoms with Crippen molar-refractivity contribution >= 4 is 107 Å². The molecular formula is C68H64BN3OS. The topological polar surface area (TPSA) is 22.9 Å². The van der Waals surface area contributed by atoms with Crippen LogP contribution in [0.1, 0.15) is 102 Å². The van der Waals surface area contributed by atoms with E-state index in [9.17, 15) is 0 Å². The third-order valence-corrected chi connectivity index (χ3v) is 17.4. The molecule has 0 amide bonds. The molecule has 0 saturated heterocycles. The van der Waals surface area contributed by atoms with Gasteiger partial charge in [0.15, 0.2) is 0 Å². The lowest BCUT2D eigenvalue weighted by atomic mass is 9.36. The molecule has 0 fully saturated rings. The molecule has 74 heavy (non-hydrogen) atoms. The van der Waals surface area contributed by atoms with Crippen LogP contribution in [0.3, 0.4) is 0 Å². The van der Waals surface area contributed by atoms with E-state index in [0.717, 1.165) is 63.1 Å². The lowest BCUT2D eigenvalue weighted by molar-refractivity contribution is 0.590. The fraction of sp³-hybridized carbons (Fsp3) is 0.235. The molecule has 0 radical (unpaired) electrons. The Bertz CT molecular complexity index is 3810. The molecule has 0 saturated carbocycles. The van der Waals surface area contributed by atoms with Gasteiger partial charge in [-0.05, 0) is 166 Å². The van der Waals surface area contributed by atoms with Gasteiger partial charge >= 0.3 is 0 Å². The largest absolute Gasteiger partial charge is 0.456 e. The van der Waals surface area contributed by atoms with E-state index in [-0.39, 0.29) is 23.0 Å². The molecule has 2 aromatic heterocycles. The maximum Gasteiger partial charge on any atom is 0.264 e. The normalized spacial score (nSPS) is 14.3. The minimum absolute atomic E-state index is 0.00301. The molecule has 4 heterocycles. The minimum Gasteiger partial charge on any atom is -0.456 e. The SMILES string of the molecule is CC(C)(C)c1ccc(N(c2ccc3c(c2)N(c2ccccc2)c2cc(C(C)(C)C)cc4c2B3c2sc3c(c2N4c2ccccc2)CCCC3)c2ccc(C(C)(C)C)cc2-c2cccc3oc4ccccc4c23)cc1. The maximum absolute atomic E-state index is 6.60. The van der Waals surface area contributed by atoms with Gasteiger partial charge in [-0.15, -0.1) is 0 Å². The summed E-state index contributed by atoms with van der Waals surface area (Å²) in [7, 11) is 0. The Hall–Kier alpha value is -7.28. The molecule has 8 aromatic carbocycles. The highest BCUT2D eigenvalue weighted by Gasteiger charge is 2.47. The molecule has 366 valence electrons. The van der Waals surface area contributed by atoms with E-state index in [2.05, 4.69) is 264 Å². The number of rotatable bonds is 6. The van der Waals surface area contributed by atoms with E-state index < -0.39 is 0 Å². The zero-order valence-electron chi connectivity index (χ0n) is 44.3. The Balaban J connectivity index is 1.11. The van der Waals surface area contributed by atoms with Gasteiger partial charge in [-0.2, -0.15) is 11.3 Å². The van der Waals surface area contributed by atoms with Crippen LogP contribution in [0, 0.1) is 0 Å². The van der Waals surface area contributed by atoms with Crippen molar-refractivity contribution < 1.29 is 4.42 Å². The van der Waals surface area contributed by atoms with Crippen LogP contribution in [0.25, 0.3) is 33.1 Å². The molecule has 10 aromatic rings. The standard InChI is InChI=1S/C68H64BN3OS/c1-66(2,3)43-31-34-48(35-32-43)70(55-38-33-44(67(4,5)6)39-53(55)50-27-20-29-60-62(50)51-25-16-18-28-59(51)73-60)49-36-37-54-56(42-49)71(46-21-12-10-13-22-46)57-40-45(68(7,8)9)41-58-63(57)69(54)65-64(52-26-17-19-30-61(52)74-65)72(58)47-23-14-11-15-24-47/h10-16,18,20-25,27-29,31-42H,17,19,26,30H2,1-9H3. The monoisotopic (exact) mass is 981 g/mol. The molecule has 0 bridgehead atoms. The molecule has 2 aliphatic heterocycles. The highest BCUT2D eigenvalue weighted by molar-refractivity contribution is 7.29. The summed E-state index contributed by atoms with van der Waals surface area (Å²) >= 11 is 2.08. The van der Waals surface area contributed by atoms with Crippen molar-refractivity contribution in [2.75, 3.05) is 14.7 Å². The van der Waals surface area contributed by atoms with Crippen LogP contribution in [-0.4, -0.2) is 6.71 Å². The highest BCUT2D eigenvalue weighted by atomic mass is 32.1. The average molecular weight is 982 g/mol. The number of hydrogen-bond acceptors (Lipinski definition) is 5. The Labute approximate surface area is 442 Å². The third-order valence-electron chi connectivity index (χ3n) is 16.1. The van der Waals surface area contributed by atoms with Gasteiger partial charge in [0.1, 0.15) is 11.2 Å². The van der Waals surface area contributed by atoms with E-state index in [1.54, 1.807) is 10.4 Å². The van der Waals surface area contributed by atoms with Crippen LogP contribution in [0.5, 0.6) is 0 Å². The number of thiophene rings is 1. The molecular weight excluding hydrogens is 918 g/mol. The number of para-hydroxylation sites is 3. The average Bonchev–Trinajstić information content (AvgIpc) is 4.01. The summed E-state index contributed by atoms with van der Waals surface area (Å²) in [5, 5.41) is 2.26. The van der Waals surface area contributed by atoms with Crippen LogP contribution >= 0.6 is 11.3 Å². The van der Waals surface area contributed by atoms with E-state index in [1.165, 1.54) is 79.2 Å². The summed E-state index contributed by atoms with van der Waals surface area (Å²) in [6.07, 6.45) is 4.72. The minimum atomic E-state index is -0.114. The van der Waals surface area contributed by atoms with E-state index in [4.69, 9.17) is 4.42 Å². The van der Waals surface area contributed by atoms with Crippen molar-refractivity contribution in [3.05, 3.63) is 203 Å². The maximum atomic E-state index is 6.60. The van der Waals surface area contributed by atoms with E-state index in [1.807, 2.05) is 0 Å². The quantitative estimate of drug-likeness (QED) is 0.155. The molecule has 0 N–H and O–H groups in total. The third kappa shape index (κ3) is 7.54. The second-order valence-corrected chi connectivity index (χ2v) is 25.1. The van der Waals surface area contributed by atoms with Gasteiger partial charge in [-0.25, -0.2) is 0 Å². The molecule has 6 heteroatoms. The second kappa shape index (κ2) is 17.1. The number of hydrogen-bond donors (Lipinski definition) is 0. The molecule has 0 spiro atoms. The Morgan fingerprint density at radius 3 is 1.81 bits per heavy atom. The van der Waals surface area contributed by atoms with Crippen LogP contribution in [-0.2, 0) is 29.1 Å². The summed E-state index contributed by atoms with van der Waals surface area (Å²) in [6, 6.07) is 66.3. The lowest BCUT2D eigenvalue weighted by Crippen LogP contribution is -2.60. The molecule has 0 atom stereocenters. The zero-order valence-corrected chi connectivity index (χ0v) is 45.1. The number of anilines is 9. The zero-order chi connectivity index (χ0) is 50.8. The number of benzene rings is 8. The predicted molar refractivity (Wildman–Crippen MR) is 318 cm³/mol. The molecule has 1 aliphatic carbocycles. The summed E-state index contributed by atoms with van der Waals surface area (Å²) in [6.45, 7) is 21.0. The van der Waals surface area contributed by atoms with Crippen molar-refractivity contribution in [2.45, 2.75) is 104 Å². The molecule has 0 unspecified atom stereocenters. The van der Waals surface area contributed by atoms with Crippen LogP contribution in [0.4, 0.5) is 51.2 Å². The Morgan fingerprint density at radius 2 is 1.11 bits per heavy atom. The first-order valence-corrected chi connectivity index (χ1v) is 27.6.